The summed E-state index contributed by atoms with van der Waals surface area (Å²) in [7, 11) is 0. The Balaban J connectivity index is 3.13. The van der Waals surface area contributed by atoms with E-state index in [0.717, 1.165) is 0 Å². The van der Waals surface area contributed by atoms with Crippen molar-refractivity contribution in [1.29, 1.82) is 0 Å². The summed E-state index contributed by atoms with van der Waals surface area (Å²) in [5, 5.41) is 8.82. The summed E-state index contributed by atoms with van der Waals surface area (Å²) in [4.78, 5) is 10.8. The maximum atomic E-state index is 10.8. The molecule has 0 atom stereocenters. The van der Waals surface area contributed by atoms with Crippen LogP contribution in [-0.4, -0.2) is 16.8 Å². The van der Waals surface area contributed by atoms with Crippen LogP contribution in [0.1, 0.15) is 15.9 Å². The molecule has 0 saturated heterocycles. The Hall–Kier alpha value is -0.920. The van der Waals surface area contributed by atoms with Crippen LogP contribution in [0, 0.1) is 11.8 Å². The normalized spacial score (nSPS) is 9.00. The second-order valence-corrected chi connectivity index (χ2v) is 3.63. The molecule has 72 valence electrons. The van der Waals surface area contributed by atoms with E-state index in [1.54, 1.807) is 12.1 Å². The van der Waals surface area contributed by atoms with Crippen LogP contribution < -0.4 is 0 Å². The first-order chi connectivity index (χ1) is 6.65. The molecule has 0 aliphatic carbocycles. The molecule has 2 nitrogen and oxygen atoms in total. The summed E-state index contributed by atoms with van der Waals surface area (Å²) in [6.45, 7) is 0. The minimum atomic E-state index is -0.966. The number of halogens is 1. The van der Waals surface area contributed by atoms with Gasteiger partial charge in [-0.3, -0.25) is 0 Å². The molecule has 1 aromatic rings. The fraction of sp³-hybridized carbons (Fsp3) is 0.100. The Morgan fingerprint density at radius 3 is 2.86 bits per heavy atom. The monoisotopic (exact) mass is 270 g/mol. The van der Waals surface area contributed by atoms with Gasteiger partial charge in [0.05, 0.1) is 11.3 Å². The third-order valence-electron chi connectivity index (χ3n) is 1.51. The molecule has 0 unspecified atom stereocenters. The highest BCUT2D eigenvalue weighted by Crippen LogP contribution is 2.17. The van der Waals surface area contributed by atoms with Crippen molar-refractivity contribution in [3.05, 3.63) is 33.8 Å². The van der Waals surface area contributed by atoms with E-state index in [1.807, 2.05) is 0 Å². The molecule has 0 amide bonds. The van der Waals surface area contributed by atoms with Crippen LogP contribution in [0.2, 0.25) is 0 Å². The Morgan fingerprint density at radius 1 is 1.57 bits per heavy atom. The average molecular weight is 271 g/mol. The van der Waals surface area contributed by atoms with Gasteiger partial charge < -0.3 is 5.11 Å². The van der Waals surface area contributed by atoms with Gasteiger partial charge in [-0.25, -0.2) is 4.79 Å². The van der Waals surface area contributed by atoms with E-state index in [9.17, 15) is 4.79 Å². The van der Waals surface area contributed by atoms with Crippen molar-refractivity contribution in [2.45, 2.75) is 0 Å². The SMILES string of the molecule is O=C(O)c1cc(C#CCS)ccc1Br. The number of carbonyl (C=O) groups is 1. The van der Waals surface area contributed by atoms with Gasteiger partial charge >= 0.3 is 5.97 Å². The zero-order valence-corrected chi connectivity index (χ0v) is 9.60. The minimum absolute atomic E-state index is 0.218. The maximum Gasteiger partial charge on any atom is 0.336 e. The van der Waals surface area contributed by atoms with Crippen LogP contribution in [0.4, 0.5) is 0 Å². The number of benzene rings is 1. The maximum absolute atomic E-state index is 10.8. The summed E-state index contributed by atoms with van der Waals surface area (Å²) >= 11 is 7.09. The molecule has 4 heteroatoms. The van der Waals surface area contributed by atoms with Gasteiger partial charge in [-0.15, -0.1) is 0 Å². The summed E-state index contributed by atoms with van der Waals surface area (Å²) in [5.74, 6) is 5.05. The van der Waals surface area contributed by atoms with Crippen LogP contribution in [0.25, 0.3) is 0 Å². The molecule has 0 bridgehead atoms. The smallest absolute Gasteiger partial charge is 0.336 e. The quantitative estimate of drug-likeness (QED) is 0.608. The lowest BCUT2D eigenvalue weighted by Gasteiger charge is -1.98. The summed E-state index contributed by atoms with van der Waals surface area (Å²) in [6, 6.07) is 4.96. The summed E-state index contributed by atoms with van der Waals surface area (Å²) in [5.41, 5.74) is 0.899. The Labute approximate surface area is 95.9 Å². The van der Waals surface area contributed by atoms with Gasteiger partial charge in [0.1, 0.15) is 0 Å². The van der Waals surface area contributed by atoms with E-state index in [1.165, 1.54) is 6.07 Å². The van der Waals surface area contributed by atoms with Crippen molar-refractivity contribution in [3.8, 4) is 11.8 Å². The highest BCUT2D eigenvalue weighted by molar-refractivity contribution is 9.10. The van der Waals surface area contributed by atoms with Gasteiger partial charge in [-0.05, 0) is 34.1 Å². The van der Waals surface area contributed by atoms with Crippen molar-refractivity contribution in [2.75, 3.05) is 5.75 Å². The number of rotatable bonds is 1. The topological polar surface area (TPSA) is 37.3 Å². The molecule has 0 saturated carbocycles. The predicted molar refractivity (Wildman–Crippen MR) is 61.8 cm³/mol. The first kappa shape index (κ1) is 11.2. The Morgan fingerprint density at radius 2 is 2.29 bits per heavy atom. The molecule has 1 rings (SSSR count). The van der Waals surface area contributed by atoms with Crippen LogP contribution in [0.5, 0.6) is 0 Å². The van der Waals surface area contributed by atoms with Gasteiger partial charge in [-0.2, -0.15) is 12.6 Å². The largest absolute Gasteiger partial charge is 0.478 e. The van der Waals surface area contributed by atoms with E-state index in [2.05, 4.69) is 40.4 Å². The van der Waals surface area contributed by atoms with Crippen molar-refractivity contribution in [1.82, 2.24) is 0 Å². The third kappa shape index (κ3) is 2.79. The molecular weight excluding hydrogens is 264 g/mol. The number of aromatic carboxylic acids is 1. The lowest BCUT2D eigenvalue weighted by atomic mass is 10.1. The zero-order valence-electron chi connectivity index (χ0n) is 7.12. The minimum Gasteiger partial charge on any atom is -0.478 e. The first-order valence-corrected chi connectivity index (χ1v) is 5.20. The van der Waals surface area contributed by atoms with Crippen molar-refractivity contribution in [2.24, 2.45) is 0 Å². The molecule has 0 aliphatic heterocycles. The second kappa shape index (κ2) is 5.08. The number of hydrogen-bond donors (Lipinski definition) is 2. The Bertz CT molecular complexity index is 418. The third-order valence-corrected chi connectivity index (χ3v) is 2.36. The van der Waals surface area contributed by atoms with Gasteiger partial charge in [0.2, 0.25) is 0 Å². The van der Waals surface area contributed by atoms with E-state index >= 15 is 0 Å². The van der Waals surface area contributed by atoms with Crippen molar-refractivity contribution < 1.29 is 9.90 Å². The Kier molecular flexibility index (Phi) is 4.05. The highest BCUT2D eigenvalue weighted by atomic mass is 79.9. The lowest BCUT2D eigenvalue weighted by Crippen LogP contribution is -1.97. The summed E-state index contributed by atoms with van der Waals surface area (Å²) < 4.78 is 0.557. The first-order valence-electron chi connectivity index (χ1n) is 3.77. The number of carboxylic acids is 1. The van der Waals surface area contributed by atoms with Crippen molar-refractivity contribution in [3.63, 3.8) is 0 Å². The molecular formula is C10H7BrO2S. The van der Waals surface area contributed by atoms with E-state index in [0.29, 0.717) is 15.8 Å². The molecule has 0 spiro atoms. The fourth-order valence-corrected chi connectivity index (χ4v) is 1.40. The van der Waals surface area contributed by atoms with E-state index in [4.69, 9.17) is 5.11 Å². The molecule has 1 N–H and O–H groups in total. The molecule has 0 aliphatic rings. The number of thiol groups is 1. The van der Waals surface area contributed by atoms with Crippen LogP contribution >= 0.6 is 28.6 Å². The molecule has 1 aromatic carbocycles. The van der Waals surface area contributed by atoms with Gasteiger partial charge in [0, 0.05) is 10.0 Å². The van der Waals surface area contributed by atoms with Crippen LogP contribution in [0.15, 0.2) is 22.7 Å². The van der Waals surface area contributed by atoms with Gasteiger partial charge in [0.25, 0.3) is 0 Å². The number of carboxylic acid groups (broad SMARTS) is 1. The second-order valence-electron chi connectivity index (χ2n) is 2.46. The lowest BCUT2D eigenvalue weighted by molar-refractivity contribution is 0.0696. The van der Waals surface area contributed by atoms with E-state index < -0.39 is 5.97 Å². The molecule has 0 aromatic heterocycles. The highest BCUT2D eigenvalue weighted by Gasteiger charge is 2.07. The van der Waals surface area contributed by atoms with Crippen LogP contribution in [-0.2, 0) is 0 Å². The van der Waals surface area contributed by atoms with Crippen LogP contribution in [0.3, 0.4) is 0 Å². The zero-order chi connectivity index (χ0) is 10.6. The van der Waals surface area contributed by atoms with Gasteiger partial charge in [-0.1, -0.05) is 11.8 Å². The predicted octanol–water partition coefficient (Wildman–Crippen LogP) is 2.43. The van der Waals surface area contributed by atoms with Crippen molar-refractivity contribution >= 4 is 34.5 Å². The average Bonchev–Trinajstić information content (AvgIpc) is 2.16. The molecule has 14 heavy (non-hydrogen) atoms. The van der Waals surface area contributed by atoms with Gasteiger partial charge in [0.15, 0.2) is 0 Å². The standard InChI is InChI=1S/C10H7BrO2S/c11-9-4-3-7(2-1-5-14)6-8(9)10(12)13/h3-4,6,14H,5H2,(H,12,13). The van der Waals surface area contributed by atoms with E-state index in [-0.39, 0.29) is 5.56 Å². The molecule has 0 fully saturated rings. The fourth-order valence-electron chi connectivity index (χ4n) is 0.909. The number of hydrogen-bond acceptors (Lipinski definition) is 2. The summed E-state index contributed by atoms with van der Waals surface area (Å²) in [6.07, 6.45) is 0. The molecule has 0 heterocycles. The molecule has 0 radical (unpaired) electrons.